The second-order valence-corrected chi connectivity index (χ2v) is 9.45. The maximum absolute atomic E-state index is 12.7. The van der Waals surface area contributed by atoms with Crippen LogP contribution in [0.2, 0.25) is 0 Å². The summed E-state index contributed by atoms with van der Waals surface area (Å²) in [6.07, 6.45) is 10.4. The third kappa shape index (κ3) is 3.62. The van der Waals surface area contributed by atoms with E-state index in [4.69, 9.17) is 9.47 Å². The first-order chi connectivity index (χ1) is 16.2. The Kier molecular flexibility index (Phi) is 4.98. The monoisotopic (exact) mass is 461 g/mol. The van der Waals surface area contributed by atoms with Crippen molar-refractivity contribution in [2.75, 3.05) is 12.4 Å². The fraction of sp³-hybridized carbons (Fsp3) is 0.333. The van der Waals surface area contributed by atoms with Crippen LogP contribution >= 0.6 is 11.3 Å². The lowest BCUT2D eigenvalue weighted by atomic mass is 9.87. The van der Waals surface area contributed by atoms with Gasteiger partial charge in [0.25, 0.3) is 0 Å². The molecule has 1 aliphatic heterocycles. The zero-order chi connectivity index (χ0) is 22.4. The molecule has 3 aromatic heterocycles. The fourth-order valence-corrected chi connectivity index (χ4v) is 5.61. The lowest BCUT2D eigenvalue weighted by molar-refractivity contribution is -0.116. The molecule has 4 aromatic rings. The molecule has 1 N–H and O–H groups in total. The number of carbonyl (C=O) groups excluding carboxylic acids is 1. The van der Waals surface area contributed by atoms with Crippen molar-refractivity contribution in [2.45, 2.75) is 44.1 Å². The van der Waals surface area contributed by atoms with Gasteiger partial charge in [-0.2, -0.15) is 9.78 Å². The molecule has 0 saturated heterocycles. The van der Waals surface area contributed by atoms with Gasteiger partial charge >= 0.3 is 0 Å². The summed E-state index contributed by atoms with van der Waals surface area (Å²) in [5.74, 6) is 1.93. The molecule has 0 spiro atoms. The Balaban J connectivity index is 1.38. The Morgan fingerprint density at radius 2 is 2.03 bits per heavy atom. The quantitative estimate of drug-likeness (QED) is 0.464. The van der Waals surface area contributed by atoms with Gasteiger partial charge in [-0.05, 0) is 49.4 Å². The van der Waals surface area contributed by atoms with Crippen LogP contribution in [-0.2, 0) is 4.79 Å². The van der Waals surface area contributed by atoms with Crippen molar-refractivity contribution in [3.8, 4) is 16.6 Å². The minimum Gasteiger partial charge on any atom is -0.493 e. The number of thiazole rings is 1. The minimum absolute atomic E-state index is 0.0499. The number of aromatic nitrogens is 4. The third-order valence-corrected chi connectivity index (χ3v) is 7.35. The van der Waals surface area contributed by atoms with Crippen molar-refractivity contribution in [2.24, 2.45) is 0 Å². The fourth-order valence-electron chi connectivity index (χ4n) is 4.71. The number of hydrogen-bond donors (Lipinski definition) is 1. The zero-order valence-electron chi connectivity index (χ0n) is 18.2. The molecule has 1 amide bonds. The number of ether oxygens (including phenoxy) is 2. The largest absolute Gasteiger partial charge is 0.493 e. The molecule has 1 atom stereocenters. The Labute approximate surface area is 194 Å². The predicted octanol–water partition coefficient (Wildman–Crippen LogP) is 4.68. The van der Waals surface area contributed by atoms with Gasteiger partial charge in [0.05, 0.1) is 29.6 Å². The van der Waals surface area contributed by atoms with Crippen LogP contribution < -0.4 is 14.8 Å². The van der Waals surface area contributed by atoms with Crippen LogP contribution in [0.3, 0.4) is 0 Å². The van der Waals surface area contributed by atoms with Gasteiger partial charge in [-0.3, -0.25) is 9.78 Å². The molecule has 2 aliphatic rings. The van der Waals surface area contributed by atoms with E-state index in [0.29, 0.717) is 23.1 Å². The molecule has 4 heterocycles. The molecule has 8 nitrogen and oxygen atoms in total. The Morgan fingerprint density at radius 1 is 1.15 bits per heavy atom. The number of fused-ring (bicyclic) bond motifs is 2. The molecular formula is C24H23N5O3S. The summed E-state index contributed by atoms with van der Waals surface area (Å²) in [5, 5.41) is 8.28. The summed E-state index contributed by atoms with van der Waals surface area (Å²) in [7, 11) is 1.65. The highest BCUT2D eigenvalue weighted by atomic mass is 32.1. The lowest BCUT2D eigenvalue weighted by Gasteiger charge is -2.24. The van der Waals surface area contributed by atoms with Gasteiger partial charge in [0.2, 0.25) is 11.0 Å². The molecule has 0 bridgehead atoms. The standard InChI is InChI=1S/C24H23N5O3S/c1-31-19-7-6-14(10-20(19)32-15-4-2-3-5-15)16-11-22(30)28-23-17(16)12-26-29(23)24-27-18-8-9-25-13-21(18)33-24/h6-10,12-13,15-16H,2-5,11H2,1H3,(H,28,30). The Hall–Kier alpha value is -3.46. The van der Waals surface area contributed by atoms with Crippen molar-refractivity contribution in [1.82, 2.24) is 19.7 Å². The van der Waals surface area contributed by atoms with E-state index in [1.807, 2.05) is 30.5 Å². The molecule has 1 aromatic carbocycles. The maximum Gasteiger partial charge on any atom is 0.226 e. The minimum atomic E-state index is -0.129. The van der Waals surface area contributed by atoms with E-state index >= 15 is 0 Å². The van der Waals surface area contributed by atoms with Gasteiger partial charge < -0.3 is 14.8 Å². The van der Waals surface area contributed by atoms with E-state index in [1.165, 1.54) is 24.2 Å². The number of pyridine rings is 1. The van der Waals surface area contributed by atoms with Crippen LogP contribution in [0.1, 0.15) is 49.1 Å². The van der Waals surface area contributed by atoms with Crippen molar-refractivity contribution in [3.63, 3.8) is 0 Å². The summed E-state index contributed by atoms with van der Waals surface area (Å²) in [6.45, 7) is 0. The van der Waals surface area contributed by atoms with Crippen LogP contribution in [0.25, 0.3) is 15.3 Å². The number of benzene rings is 1. The van der Waals surface area contributed by atoms with Gasteiger partial charge in [0.15, 0.2) is 11.5 Å². The van der Waals surface area contributed by atoms with E-state index in [9.17, 15) is 4.79 Å². The lowest BCUT2D eigenvalue weighted by Crippen LogP contribution is -2.24. The first-order valence-corrected chi connectivity index (χ1v) is 11.9. The summed E-state index contributed by atoms with van der Waals surface area (Å²) in [5.41, 5.74) is 2.83. The molecule has 6 rings (SSSR count). The highest BCUT2D eigenvalue weighted by Crippen LogP contribution is 2.42. The predicted molar refractivity (Wildman–Crippen MR) is 126 cm³/mol. The number of methoxy groups -OCH3 is 1. The molecule has 1 unspecified atom stereocenters. The van der Waals surface area contributed by atoms with E-state index in [0.717, 1.165) is 39.9 Å². The number of anilines is 1. The molecule has 33 heavy (non-hydrogen) atoms. The number of rotatable bonds is 5. The van der Waals surface area contributed by atoms with Gasteiger partial charge in [0.1, 0.15) is 5.82 Å². The number of hydrogen-bond acceptors (Lipinski definition) is 7. The molecule has 1 saturated carbocycles. The van der Waals surface area contributed by atoms with Crippen LogP contribution in [0.15, 0.2) is 42.9 Å². The van der Waals surface area contributed by atoms with Crippen molar-refractivity contribution in [1.29, 1.82) is 0 Å². The van der Waals surface area contributed by atoms with Gasteiger partial charge in [0, 0.05) is 30.3 Å². The first kappa shape index (κ1) is 20.2. The van der Waals surface area contributed by atoms with Crippen LogP contribution in [0, 0.1) is 0 Å². The molecular weight excluding hydrogens is 438 g/mol. The number of nitrogens with one attached hydrogen (secondary N) is 1. The first-order valence-electron chi connectivity index (χ1n) is 11.1. The Morgan fingerprint density at radius 3 is 2.85 bits per heavy atom. The van der Waals surface area contributed by atoms with Gasteiger partial charge in [-0.25, -0.2) is 4.98 Å². The highest BCUT2D eigenvalue weighted by molar-refractivity contribution is 7.20. The molecule has 1 fully saturated rings. The number of carbonyl (C=O) groups is 1. The second-order valence-electron chi connectivity index (χ2n) is 8.44. The topological polar surface area (TPSA) is 91.2 Å². The van der Waals surface area contributed by atoms with Gasteiger partial charge in [-0.1, -0.05) is 17.4 Å². The van der Waals surface area contributed by atoms with E-state index in [-0.39, 0.29) is 17.9 Å². The molecule has 168 valence electrons. The summed E-state index contributed by atoms with van der Waals surface area (Å²) >= 11 is 1.49. The molecule has 9 heteroatoms. The second kappa shape index (κ2) is 8.15. The SMILES string of the molecule is COc1ccc(C2CC(=O)Nc3c2cnn3-c2nc3ccncc3s2)cc1OC1CCCC1. The normalized spacial score (nSPS) is 18.3. The summed E-state index contributed by atoms with van der Waals surface area (Å²) in [4.78, 5) is 21.6. The third-order valence-electron chi connectivity index (χ3n) is 6.37. The average molecular weight is 462 g/mol. The average Bonchev–Trinajstić information content (AvgIpc) is 3.57. The van der Waals surface area contributed by atoms with Gasteiger partial charge in [-0.15, -0.1) is 0 Å². The summed E-state index contributed by atoms with van der Waals surface area (Å²) in [6, 6.07) is 7.83. The van der Waals surface area contributed by atoms with Crippen LogP contribution in [0.5, 0.6) is 11.5 Å². The number of amides is 1. The zero-order valence-corrected chi connectivity index (χ0v) is 19.0. The van der Waals surface area contributed by atoms with Crippen molar-refractivity contribution >= 4 is 33.3 Å². The van der Waals surface area contributed by atoms with Crippen molar-refractivity contribution < 1.29 is 14.3 Å². The molecule has 1 aliphatic carbocycles. The van der Waals surface area contributed by atoms with E-state index < -0.39 is 0 Å². The van der Waals surface area contributed by atoms with Crippen molar-refractivity contribution in [3.05, 3.63) is 54.0 Å². The Bertz CT molecular complexity index is 1310. The summed E-state index contributed by atoms with van der Waals surface area (Å²) < 4.78 is 14.5. The van der Waals surface area contributed by atoms with Crippen LogP contribution in [-0.4, -0.2) is 38.9 Å². The highest BCUT2D eigenvalue weighted by Gasteiger charge is 2.32. The van der Waals surface area contributed by atoms with E-state index in [2.05, 4.69) is 20.4 Å². The van der Waals surface area contributed by atoms with E-state index in [1.54, 1.807) is 24.2 Å². The smallest absolute Gasteiger partial charge is 0.226 e. The van der Waals surface area contributed by atoms with Crippen LogP contribution in [0.4, 0.5) is 5.82 Å². The molecule has 0 radical (unpaired) electrons. The number of nitrogens with zero attached hydrogens (tertiary/aromatic N) is 4. The maximum atomic E-state index is 12.7.